The van der Waals surface area contributed by atoms with Gasteiger partial charge in [-0.3, -0.25) is 0 Å². The number of hydrogen-bond acceptors (Lipinski definition) is 2. The van der Waals surface area contributed by atoms with Crippen LogP contribution in [0.2, 0.25) is 0 Å². The van der Waals surface area contributed by atoms with E-state index < -0.39 is 0 Å². The van der Waals surface area contributed by atoms with Crippen molar-refractivity contribution < 1.29 is 0 Å². The first kappa shape index (κ1) is 10.4. The highest BCUT2D eigenvalue weighted by molar-refractivity contribution is 4.81. The Balaban J connectivity index is 3.47. The van der Waals surface area contributed by atoms with E-state index in [2.05, 4.69) is 32.2 Å². The van der Waals surface area contributed by atoms with Gasteiger partial charge in [0.25, 0.3) is 0 Å². The summed E-state index contributed by atoms with van der Waals surface area (Å²) in [5.41, 5.74) is 0. The number of nitrogens with zero attached hydrogens (tertiary/aromatic N) is 1. The maximum atomic E-state index is 8.50. The van der Waals surface area contributed by atoms with E-state index in [1.165, 1.54) is 0 Å². The average molecular weight is 154 g/mol. The Labute approximate surface area is 69.6 Å². The Morgan fingerprint density at radius 2 is 1.82 bits per heavy atom. The molecule has 0 aromatic heterocycles. The molecule has 0 radical (unpaired) electrons. The molecule has 0 spiro atoms. The van der Waals surface area contributed by atoms with Crippen molar-refractivity contribution in [1.29, 1.82) is 5.26 Å². The molecule has 0 amide bonds. The molecule has 0 saturated carbocycles. The fraction of sp³-hybridized carbons (Fsp3) is 0.889. The van der Waals surface area contributed by atoms with Gasteiger partial charge in [0, 0.05) is 12.6 Å². The maximum absolute atomic E-state index is 8.50. The predicted octanol–water partition coefficient (Wildman–Crippen LogP) is 1.78. The zero-order chi connectivity index (χ0) is 8.85. The summed E-state index contributed by atoms with van der Waals surface area (Å²) in [4.78, 5) is 0. The third-order valence-electron chi connectivity index (χ3n) is 1.97. The average Bonchev–Trinajstić information content (AvgIpc) is 1.99. The molecule has 64 valence electrons. The number of hydrogen-bond donors (Lipinski definition) is 1. The van der Waals surface area contributed by atoms with Gasteiger partial charge in [0.05, 0.1) is 12.0 Å². The maximum Gasteiger partial charge on any atom is 0.0666 e. The van der Waals surface area contributed by atoms with Crippen molar-refractivity contribution in [2.75, 3.05) is 6.54 Å². The van der Waals surface area contributed by atoms with Crippen molar-refractivity contribution in [3.63, 3.8) is 0 Å². The predicted molar refractivity (Wildman–Crippen MR) is 47.1 cm³/mol. The molecule has 2 nitrogen and oxygen atoms in total. The molecule has 2 unspecified atom stereocenters. The number of nitriles is 1. The van der Waals surface area contributed by atoms with Gasteiger partial charge < -0.3 is 5.32 Å². The fourth-order valence-electron chi connectivity index (χ4n) is 0.644. The van der Waals surface area contributed by atoms with Gasteiger partial charge in [-0.15, -0.1) is 0 Å². The minimum Gasteiger partial charge on any atom is -0.313 e. The summed E-state index contributed by atoms with van der Waals surface area (Å²) >= 11 is 0. The molecular formula is C9H18N2. The molecule has 0 aliphatic carbocycles. The summed E-state index contributed by atoms with van der Waals surface area (Å²) in [5.74, 6) is 0.761. The van der Waals surface area contributed by atoms with Crippen molar-refractivity contribution in [2.45, 2.75) is 33.7 Å². The van der Waals surface area contributed by atoms with Crippen LogP contribution in [-0.2, 0) is 0 Å². The van der Waals surface area contributed by atoms with E-state index in [4.69, 9.17) is 5.26 Å². The molecule has 11 heavy (non-hydrogen) atoms. The first-order valence-electron chi connectivity index (χ1n) is 4.21. The second kappa shape index (κ2) is 5.15. The minimum absolute atomic E-state index is 0.121. The van der Waals surface area contributed by atoms with Crippen molar-refractivity contribution in [3.05, 3.63) is 0 Å². The Bertz CT molecular complexity index is 135. The molecule has 2 heteroatoms. The molecule has 0 aliphatic heterocycles. The zero-order valence-corrected chi connectivity index (χ0v) is 7.89. The third-order valence-corrected chi connectivity index (χ3v) is 1.97. The van der Waals surface area contributed by atoms with E-state index in [0.29, 0.717) is 12.0 Å². The Morgan fingerprint density at radius 3 is 2.18 bits per heavy atom. The number of nitrogens with one attached hydrogen (secondary N) is 1. The highest BCUT2D eigenvalue weighted by Gasteiger charge is 2.07. The van der Waals surface area contributed by atoms with E-state index in [-0.39, 0.29) is 5.92 Å². The van der Waals surface area contributed by atoms with Crippen LogP contribution in [0.25, 0.3) is 0 Å². The monoisotopic (exact) mass is 154 g/mol. The van der Waals surface area contributed by atoms with Gasteiger partial charge >= 0.3 is 0 Å². The van der Waals surface area contributed by atoms with Crippen LogP contribution in [0, 0.1) is 23.2 Å². The number of rotatable bonds is 4. The van der Waals surface area contributed by atoms with E-state index in [1.807, 2.05) is 6.92 Å². The molecule has 2 atom stereocenters. The third kappa shape index (κ3) is 4.80. The molecule has 0 bridgehead atoms. The van der Waals surface area contributed by atoms with Crippen molar-refractivity contribution in [1.82, 2.24) is 5.32 Å². The first-order valence-corrected chi connectivity index (χ1v) is 4.21. The summed E-state index contributed by atoms with van der Waals surface area (Å²) in [6, 6.07) is 2.70. The zero-order valence-electron chi connectivity index (χ0n) is 7.89. The van der Waals surface area contributed by atoms with Gasteiger partial charge in [0.1, 0.15) is 0 Å². The molecule has 0 rings (SSSR count). The largest absolute Gasteiger partial charge is 0.313 e. The van der Waals surface area contributed by atoms with Crippen LogP contribution in [0.4, 0.5) is 0 Å². The topological polar surface area (TPSA) is 35.8 Å². The van der Waals surface area contributed by atoms with Gasteiger partial charge in [-0.25, -0.2) is 0 Å². The van der Waals surface area contributed by atoms with E-state index in [9.17, 15) is 0 Å². The van der Waals surface area contributed by atoms with Crippen LogP contribution in [0.3, 0.4) is 0 Å². The lowest BCUT2D eigenvalue weighted by Crippen LogP contribution is -2.33. The SMILES string of the molecule is CC(C#N)CNC(C)C(C)C. The van der Waals surface area contributed by atoms with Crippen molar-refractivity contribution >= 4 is 0 Å². The second-order valence-corrected chi connectivity index (χ2v) is 3.47. The smallest absolute Gasteiger partial charge is 0.0666 e. The summed E-state index contributed by atoms with van der Waals surface area (Å²) in [5, 5.41) is 11.8. The molecular weight excluding hydrogens is 136 g/mol. The highest BCUT2D eigenvalue weighted by atomic mass is 14.9. The van der Waals surface area contributed by atoms with Crippen LogP contribution in [0.5, 0.6) is 0 Å². The Hall–Kier alpha value is -0.550. The van der Waals surface area contributed by atoms with Gasteiger partial charge in [-0.05, 0) is 19.8 Å². The van der Waals surface area contributed by atoms with Crippen LogP contribution < -0.4 is 5.32 Å². The van der Waals surface area contributed by atoms with Crippen molar-refractivity contribution in [2.24, 2.45) is 11.8 Å². The van der Waals surface area contributed by atoms with Gasteiger partial charge in [0.15, 0.2) is 0 Å². The fourth-order valence-corrected chi connectivity index (χ4v) is 0.644. The lowest BCUT2D eigenvalue weighted by molar-refractivity contribution is 0.413. The summed E-state index contributed by atoms with van der Waals surface area (Å²) < 4.78 is 0. The highest BCUT2D eigenvalue weighted by Crippen LogP contribution is 2.00. The standard InChI is InChI=1S/C9H18N2/c1-7(2)9(4)11-6-8(3)5-10/h7-9,11H,6H2,1-4H3. The van der Waals surface area contributed by atoms with E-state index in [1.54, 1.807) is 0 Å². The summed E-state index contributed by atoms with van der Waals surface area (Å²) in [6.45, 7) is 9.23. The Morgan fingerprint density at radius 1 is 1.27 bits per heavy atom. The summed E-state index contributed by atoms with van der Waals surface area (Å²) in [6.07, 6.45) is 0. The lowest BCUT2D eigenvalue weighted by atomic mass is 10.1. The first-order chi connectivity index (χ1) is 5.07. The Kier molecular flexibility index (Phi) is 4.89. The molecule has 1 N–H and O–H groups in total. The molecule has 0 fully saturated rings. The van der Waals surface area contributed by atoms with Gasteiger partial charge in [0.2, 0.25) is 0 Å². The van der Waals surface area contributed by atoms with Crippen LogP contribution >= 0.6 is 0 Å². The van der Waals surface area contributed by atoms with Crippen LogP contribution in [-0.4, -0.2) is 12.6 Å². The second-order valence-electron chi connectivity index (χ2n) is 3.47. The summed E-state index contributed by atoms with van der Waals surface area (Å²) in [7, 11) is 0. The molecule has 0 heterocycles. The van der Waals surface area contributed by atoms with Crippen LogP contribution in [0.15, 0.2) is 0 Å². The van der Waals surface area contributed by atoms with Gasteiger partial charge in [-0.1, -0.05) is 13.8 Å². The van der Waals surface area contributed by atoms with Crippen LogP contribution in [0.1, 0.15) is 27.7 Å². The normalized spacial score (nSPS) is 16.0. The minimum atomic E-state index is 0.121. The van der Waals surface area contributed by atoms with Crippen molar-refractivity contribution in [3.8, 4) is 6.07 Å². The molecule has 0 aliphatic rings. The molecule has 0 aromatic carbocycles. The van der Waals surface area contributed by atoms with E-state index >= 15 is 0 Å². The lowest BCUT2D eigenvalue weighted by Gasteiger charge is -2.17. The van der Waals surface area contributed by atoms with E-state index in [0.717, 1.165) is 6.54 Å². The molecule has 0 aromatic rings. The quantitative estimate of drug-likeness (QED) is 0.670. The van der Waals surface area contributed by atoms with Gasteiger partial charge in [-0.2, -0.15) is 5.26 Å². The molecule has 0 saturated heterocycles.